The van der Waals surface area contributed by atoms with E-state index in [2.05, 4.69) is 77.7 Å². The maximum atomic E-state index is 13.6. The second kappa shape index (κ2) is 27.7. The van der Waals surface area contributed by atoms with Gasteiger partial charge in [0.15, 0.2) is 0 Å². The average Bonchev–Trinajstić information content (AvgIpc) is 4.30. The molecule has 0 aliphatic carbocycles. The maximum Gasteiger partial charge on any atom is 0.308 e. The Morgan fingerprint density at radius 2 is 1.23 bits per heavy atom. The molecule has 21 heteroatoms. The van der Waals surface area contributed by atoms with Gasteiger partial charge in [0.05, 0.1) is 55.0 Å². The molecular weight excluding hydrogens is 1200 g/mol. The predicted octanol–water partition coefficient (Wildman–Crippen LogP) is 13.4. The van der Waals surface area contributed by atoms with E-state index in [4.69, 9.17) is 66.1 Å². The number of carbonyl (C=O) groups excluding carboxylic acids is 1. The van der Waals surface area contributed by atoms with Crippen LogP contribution in [0.2, 0.25) is 18.0 Å². The fourth-order valence-electron chi connectivity index (χ4n) is 10.4. The molecule has 1 amide bonds. The van der Waals surface area contributed by atoms with E-state index in [1.165, 1.54) is 10.1 Å². The van der Waals surface area contributed by atoms with Crippen LogP contribution in [0.1, 0.15) is 56.6 Å². The molecule has 5 atom stereocenters. The van der Waals surface area contributed by atoms with E-state index in [1.807, 2.05) is 48.5 Å². The summed E-state index contributed by atoms with van der Waals surface area (Å²) >= 11 is 32.8. The summed E-state index contributed by atoms with van der Waals surface area (Å²) in [6, 6.07) is 29.6. The Morgan fingerprint density at radius 1 is 0.679 bits per heavy atom. The molecule has 4 aromatic carbocycles. The molecule has 0 radical (unpaired) electrons. The molecule has 78 heavy (non-hydrogen) atoms. The zero-order valence-electron chi connectivity index (χ0n) is 42.7. The lowest BCUT2D eigenvalue weighted by Gasteiger charge is -2.30. The molecule has 416 valence electrons. The zero-order valence-corrected chi connectivity index (χ0v) is 49.8. The third kappa shape index (κ3) is 15.7. The molecule has 3 aromatic heterocycles. The van der Waals surface area contributed by atoms with Crippen molar-refractivity contribution >= 4 is 156 Å². The lowest BCUT2D eigenvalue weighted by molar-refractivity contribution is -0.141. The van der Waals surface area contributed by atoms with Crippen LogP contribution in [-0.2, 0) is 19.1 Å². The summed E-state index contributed by atoms with van der Waals surface area (Å²) in [5.74, 6) is -1.29. The van der Waals surface area contributed by atoms with Crippen molar-refractivity contribution in [2.24, 2.45) is 17.8 Å². The van der Waals surface area contributed by atoms with Gasteiger partial charge >= 0.3 is 11.9 Å². The van der Waals surface area contributed by atoms with Crippen molar-refractivity contribution in [3.8, 4) is 5.75 Å². The van der Waals surface area contributed by atoms with Gasteiger partial charge < -0.3 is 50.1 Å². The van der Waals surface area contributed by atoms with Crippen molar-refractivity contribution in [1.29, 1.82) is 0 Å². The number of rotatable bonds is 12. The number of carbonyl (C=O) groups is 3. The third-order valence-electron chi connectivity index (χ3n) is 14.8. The average molecular weight is 1260 g/mol. The number of carboxylic acids is 2. The first-order chi connectivity index (χ1) is 37.6. The van der Waals surface area contributed by atoms with Crippen LogP contribution < -0.4 is 25.2 Å². The fourth-order valence-corrected chi connectivity index (χ4v) is 14.7. The molecule has 5 saturated heterocycles. The van der Waals surface area contributed by atoms with Gasteiger partial charge in [0, 0.05) is 82.1 Å². The van der Waals surface area contributed by atoms with Crippen LogP contribution in [0.25, 0.3) is 30.3 Å². The number of aliphatic hydroxyl groups is 1. The number of aliphatic carboxylic acids is 2. The molecular formula is C57H62BrCl4N5O8S3. The number of fused-ring (bicyclic) bond motifs is 3. The standard InChI is InChI=1S/C31H37Cl2N3O4S.C13H12ClNO2S.C8H4BrClS.C5H9NO2/c32-25-15-21(4-6-27(25)40-24-8-13-39-14-9-24)30(37)26(19-35-10-1-2-11-35)34-31(38)22-7-12-36(18-22)23-5-3-20-16-29(33)41-28(20)17-23;14-12-5-8-1-2-10(6-11(8)18-12)15-4-3-9(7-15)13(16)17;9-6-2-1-5-3-8(10)11-7(5)4-6;7-5(8)4-1-2-6-3-4/h3-6,15-17,22,24,26,30,37H,1-2,7-14,18-19H2,(H,34,38);1-2,5-6,9H,3-4,7H2,(H,16,17);1-4H;4,6H,1-3H2,(H,7,8)/t22-,26-,30-;9-;;4-/m11.1/s1. The van der Waals surface area contributed by atoms with Gasteiger partial charge in [0.1, 0.15) is 18.0 Å². The first kappa shape index (κ1) is 58.7. The number of likely N-dealkylation sites (tertiary alicyclic amines) is 1. The lowest BCUT2D eigenvalue weighted by atomic mass is 9.99. The Labute approximate surface area is 494 Å². The van der Waals surface area contributed by atoms with Gasteiger partial charge in [-0.25, -0.2) is 0 Å². The van der Waals surface area contributed by atoms with E-state index in [0.29, 0.717) is 55.7 Å². The van der Waals surface area contributed by atoms with Gasteiger partial charge in [-0.1, -0.05) is 86.6 Å². The zero-order chi connectivity index (χ0) is 54.9. The number of ether oxygens (including phenoxy) is 2. The molecule has 8 heterocycles. The highest BCUT2D eigenvalue weighted by atomic mass is 79.9. The summed E-state index contributed by atoms with van der Waals surface area (Å²) in [4.78, 5) is 41.4. The molecule has 5 aliphatic heterocycles. The minimum Gasteiger partial charge on any atom is -0.489 e. The number of hydrogen-bond acceptors (Lipinski definition) is 13. The number of benzene rings is 4. The highest BCUT2D eigenvalue weighted by molar-refractivity contribution is 9.10. The number of thiophene rings is 3. The number of nitrogens with zero attached hydrogens (tertiary/aromatic N) is 3. The second-order valence-corrected chi connectivity index (χ2v) is 26.7. The molecule has 0 saturated carbocycles. The molecule has 7 aromatic rings. The summed E-state index contributed by atoms with van der Waals surface area (Å²) in [6.45, 7) is 8.29. The topological polar surface area (TPSA) is 164 Å². The van der Waals surface area contributed by atoms with Gasteiger partial charge in [-0.05, 0) is 140 Å². The summed E-state index contributed by atoms with van der Waals surface area (Å²) in [6.07, 6.45) is 5.41. The Kier molecular flexibility index (Phi) is 20.8. The lowest BCUT2D eigenvalue weighted by Crippen LogP contribution is -2.48. The van der Waals surface area contributed by atoms with E-state index < -0.39 is 24.1 Å². The first-order valence-corrected chi connectivity index (χ1v) is 31.0. The van der Waals surface area contributed by atoms with Crippen LogP contribution in [0.4, 0.5) is 11.4 Å². The van der Waals surface area contributed by atoms with Crippen molar-refractivity contribution < 1.29 is 39.2 Å². The van der Waals surface area contributed by atoms with E-state index in [1.54, 1.807) is 40.1 Å². The highest BCUT2D eigenvalue weighted by Crippen LogP contribution is 2.37. The van der Waals surface area contributed by atoms with Gasteiger partial charge in [-0.2, -0.15) is 0 Å². The third-order valence-corrected chi connectivity index (χ3v) is 19.2. The van der Waals surface area contributed by atoms with Gasteiger partial charge in [-0.3, -0.25) is 14.4 Å². The number of anilines is 2. The Bertz CT molecular complexity index is 3180. The van der Waals surface area contributed by atoms with Crippen LogP contribution in [0.15, 0.2) is 95.5 Å². The predicted molar refractivity (Wildman–Crippen MR) is 324 cm³/mol. The SMILES string of the molecule is Clc1cc2ccc(Br)cc2s1.O=C(N[C@H](CN1CCCC1)[C@H](O)c1ccc(OC2CCOCC2)c(Cl)c1)[C@@H]1CCN(c2ccc3cc(Cl)sc3c2)C1.O=C(O)[C@@H]1CCN(c2ccc3cc(Cl)sc3c2)C1.O=C(O)[C@@H]1CCNC1. The van der Waals surface area contributed by atoms with Crippen molar-refractivity contribution in [1.82, 2.24) is 15.5 Å². The van der Waals surface area contributed by atoms with Crippen molar-refractivity contribution in [3.05, 3.63) is 119 Å². The summed E-state index contributed by atoms with van der Waals surface area (Å²) in [7, 11) is 0. The summed E-state index contributed by atoms with van der Waals surface area (Å²) < 4.78 is 18.6. The Hall–Kier alpha value is -3.95. The van der Waals surface area contributed by atoms with Crippen LogP contribution in [-0.4, -0.2) is 122 Å². The van der Waals surface area contributed by atoms with E-state index in [9.17, 15) is 19.5 Å². The van der Waals surface area contributed by atoms with Gasteiger partial charge in [-0.15, -0.1) is 34.0 Å². The second-order valence-electron chi connectivity index (χ2n) is 20.2. The Morgan fingerprint density at radius 3 is 1.76 bits per heavy atom. The summed E-state index contributed by atoms with van der Waals surface area (Å²) in [5.41, 5.74) is 2.87. The molecule has 0 bridgehead atoms. The number of halogens is 5. The largest absolute Gasteiger partial charge is 0.489 e. The van der Waals surface area contributed by atoms with Crippen molar-refractivity contribution in [2.45, 2.75) is 63.2 Å². The van der Waals surface area contributed by atoms with E-state index >= 15 is 0 Å². The fraction of sp³-hybridized carbons (Fsp3) is 0.421. The molecule has 5 aliphatic rings. The van der Waals surface area contributed by atoms with Gasteiger partial charge in [0.25, 0.3) is 0 Å². The summed E-state index contributed by atoms with van der Waals surface area (Å²) in [5, 5.41) is 39.1. The number of nitrogens with one attached hydrogen (secondary N) is 2. The monoisotopic (exact) mass is 1260 g/mol. The van der Waals surface area contributed by atoms with Crippen LogP contribution in [0.3, 0.4) is 0 Å². The maximum absolute atomic E-state index is 13.6. The normalized spacial score (nSPS) is 20.4. The molecule has 13 nitrogen and oxygen atoms in total. The van der Waals surface area contributed by atoms with Crippen LogP contribution in [0, 0.1) is 17.8 Å². The van der Waals surface area contributed by atoms with E-state index in [-0.39, 0.29) is 29.8 Å². The van der Waals surface area contributed by atoms with E-state index in [0.717, 1.165) is 127 Å². The number of hydrogen-bond donors (Lipinski definition) is 5. The van der Waals surface area contributed by atoms with Crippen molar-refractivity contribution in [3.63, 3.8) is 0 Å². The molecule has 5 fully saturated rings. The molecule has 0 unspecified atom stereocenters. The minimum absolute atomic E-state index is 0.0124. The number of aliphatic hydroxyl groups excluding tert-OH is 1. The Balaban J connectivity index is 0.000000161. The molecule has 5 N–H and O–H groups in total. The number of amides is 1. The smallest absolute Gasteiger partial charge is 0.308 e. The molecule has 12 rings (SSSR count). The molecule has 0 spiro atoms. The minimum atomic E-state index is -0.891. The van der Waals surface area contributed by atoms with Gasteiger partial charge in [0.2, 0.25) is 5.91 Å². The van der Waals surface area contributed by atoms with Crippen LogP contribution in [0.5, 0.6) is 5.75 Å². The number of carboxylic acid groups (broad SMARTS) is 2. The van der Waals surface area contributed by atoms with Crippen LogP contribution >= 0.6 is 96.3 Å². The quantitative estimate of drug-likeness (QED) is 0.0788. The highest BCUT2D eigenvalue weighted by Gasteiger charge is 2.34. The van der Waals surface area contributed by atoms with Crippen molar-refractivity contribution in [2.75, 3.05) is 81.9 Å². The first-order valence-electron chi connectivity index (χ1n) is 26.3.